The third-order valence-corrected chi connectivity index (χ3v) is 5.28. The number of amides is 2. The van der Waals surface area contributed by atoms with Gasteiger partial charge in [-0.3, -0.25) is 9.59 Å². The van der Waals surface area contributed by atoms with E-state index in [-0.39, 0.29) is 17.9 Å². The highest BCUT2D eigenvalue weighted by Gasteiger charge is 2.25. The van der Waals surface area contributed by atoms with E-state index in [1.165, 1.54) is 6.20 Å². The minimum absolute atomic E-state index is 0.191. The predicted molar refractivity (Wildman–Crippen MR) is 111 cm³/mol. The summed E-state index contributed by atoms with van der Waals surface area (Å²) in [4.78, 5) is 29.5. The largest absolute Gasteiger partial charge is 0.349 e. The maximum atomic E-state index is 12.9. The zero-order chi connectivity index (χ0) is 20.5. The van der Waals surface area contributed by atoms with Crippen LogP contribution in [0.4, 0.5) is 5.69 Å². The van der Waals surface area contributed by atoms with Crippen molar-refractivity contribution in [1.82, 2.24) is 20.1 Å². The van der Waals surface area contributed by atoms with E-state index in [0.29, 0.717) is 38.9 Å². The van der Waals surface area contributed by atoms with Crippen molar-refractivity contribution in [3.05, 3.63) is 70.1 Å². The van der Waals surface area contributed by atoms with Crippen LogP contribution in [-0.4, -0.2) is 32.6 Å². The van der Waals surface area contributed by atoms with E-state index in [1.54, 1.807) is 36.9 Å². The summed E-state index contributed by atoms with van der Waals surface area (Å²) in [6.45, 7) is 3.60. The number of carbonyl (C=O) groups excluding carboxylic acids is 2. The monoisotopic (exact) mass is 409 g/mol. The minimum Gasteiger partial charge on any atom is -0.349 e. The van der Waals surface area contributed by atoms with Gasteiger partial charge in [-0.05, 0) is 56.5 Å². The Hall–Kier alpha value is -3.19. The van der Waals surface area contributed by atoms with Gasteiger partial charge in [0.25, 0.3) is 11.8 Å². The van der Waals surface area contributed by atoms with Crippen molar-refractivity contribution in [2.75, 3.05) is 5.32 Å². The van der Waals surface area contributed by atoms with Gasteiger partial charge in [0.2, 0.25) is 0 Å². The van der Waals surface area contributed by atoms with Crippen LogP contribution in [0.15, 0.2) is 42.7 Å². The van der Waals surface area contributed by atoms with E-state index in [0.717, 1.165) is 12.8 Å². The number of nitrogens with zero attached hydrogens (tertiary/aromatic N) is 3. The first-order valence-corrected chi connectivity index (χ1v) is 9.70. The van der Waals surface area contributed by atoms with Gasteiger partial charge in [0.05, 0.1) is 17.5 Å². The van der Waals surface area contributed by atoms with Gasteiger partial charge in [0.15, 0.2) is 5.82 Å². The summed E-state index contributed by atoms with van der Waals surface area (Å²) in [5, 5.41) is 10.5. The summed E-state index contributed by atoms with van der Waals surface area (Å²) in [7, 11) is 0. The average Bonchev–Trinajstić information content (AvgIpc) is 3.44. The molecule has 1 aromatic carbocycles. The van der Waals surface area contributed by atoms with E-state index in [4.69, 9.17) is 11.6 Å². The normalized spacial score (nSPS) is 13.2. The van der Waals surface area contributed by atoms with Gasteiger partial charge in [-0.1, -0.05) is 17.7 Å². The number of aromatic nitrogens is 3. The van der Waals surface area contributed by atoms with Crippen LogP contribution in [0, 0.1) is 13.8 Å². The Morgan fingerprint density at radius 2 is 1.97 bits per heavy atom. The van der Waals surface area contributed by atoms with Crippen LogP contribution in [0.1, 0.15) is 44.8 Å². The van der Waals surface area contributed by atoms with Crippen molar-refractivity contribution in [3.8, 4) is 5.82 Å². The maximum Gasteiger partial charge on any atom is 0.259 e. The van der Waals surface area contributed by atoms with Crippen LogP contribution in [0.2, 0.25) is 5.02 Å². The molecule has 2 amide bonds. The van der Waals surface area contributed by atoms with Gasteiger partial charge in [-0.2, -0.15) is 5.10 Å². The Kier molecular flexibility index (Phi) is 5.07. The molecule has 0 bridgehead atoms. The lowest BCUT2D eigenvalue weighted by Crippen LogP contribution is -2.25. The highest BCUT2D eigenvalue weighted by atomic mass is 35.5. The smallest absolute Gasteiger partial charge is 0.259 e. The summed E-state index contributed by atoms with van der Waals surface area (Å²) in [5.74, 6) is 0.106. The van der Waals surface area contributed by atoms with Gasteiger partial charge in [-0.15, -0.1) is 0 Å². The molecule has 1 saturated carbocycles. The number of benzene rings is 1. The quantitative estimate of drug-likeness (QED) is 0.672. The van der Waals surface area contributed by atoms with Crippen LogP contribution >= 0.6 is 11.6 Å². The summed E-state index contributed by atoms with van der Waals surface area (Å²) in [5.41, 5.74) is 2.68. The second kappa shape index (κ2) is 7.67. The molecule has 0 radical (unpaired) electrons. The molecule has 148 valence electrons. The Morgan fingerprint density at radius 1 is 1.17 bits per heavy atom. The first kappa shape index (κ1) is 19.1. The molecule has 1 aliphatic rings. The zero-order valence-corrected chi connectivity index (χ0v) is 16.8. The molecule has 2 aromatic heterocycles. The molecule has 0 spiro atoms. The third-order valence-electron chi connectivity index (χ3n) is 4.89. The maximum absolute atomic E-state index is 12.9. The van der Waals surface area contributed by atoms with Crippen LogP contribution in [-0.2, 0) is 0 Å². The molecule has 2 N–H and O–H groups in total. The van der Waals surface area contributed by atoms with Gasteiger partial charge >= 0.3 is 0 Å². The molecule has 2 heterocycles. The molecule has 0 atom stereocenters. The summed E-state index contributed by atoms with van der Waals surface area (Å²) < 4.78 is 1.61. The van der Waals surface area contributed by atoms with Crippen LogP contribution in [0.25, 0.3) is 5.82 Å². The van der Waals surface area contributed by atoms with Crippen molar-refractivity contribution in [1.29, 1.82) is 0 Å². The number of carbonyl (C=O) groups is 2. The lowest BCUT2D eigenvalue weighted by atomic mass is 10.1. The number of halogens is 1. The fourth-order valence-electron chi connectivity index (χ4n) is 2.97. The Labute approximate surface area is 173 Å². The average molecular weight is 410 g/mol. The fraction of sp³-hybridized carbons (Fsp3) is 0.238. The number of rotatable bonds is 5. The fourth-order valence-corrected chi connectivity index (χ4v) is 3.19. The zero-order valence-electron chi connectivity index (χ0n) is 16.1. The Morgan fingerprint density at radius 3 is 2.66 bits per heavy atom. The summed E-state index contributed by atoms with van der Waals surface area (Å²) in [6.07, 6.45) is 5.16. The lowest BCUT2D eigenvalue weighted by molar-refractivity contribution is 0.0949. The van der Waals surface area contributed by atoms with Gasteiger partial charge in [0, 0.05) is 28.5 Å². The van der Waals surface area contributed by atoms with E-state index in [2.05, 4.69) is 20.7 Å². The molecule has 1 aliphatic carbocycles. The summed E-state index contributed by atoms with van der Waals surface area (Å²) >= 11 is 6.30. The number of pyridine rings is 1. The van der Waals surface area contributed by atoms with Gasteiger partial charge < -0.3 is 10.6 Å². The highest BCUT2D eigenvalue weighted by Crippen LogP contribution is 2.28. The van der Waals surface area contributed by atoms with E-state index in [9.17, 15) is 9.59 Å². The minimum atomic E-state index is -0.330. The van der Waals surface area contributed by atoms with E-state index in [1.807, 2.05) is 18.2 Å². The molecule has 0 saturated heterocycles. The second-order valence-electron chi connectivity index (χ2n) is 7.08. The van der Waals surface area contributed by atoms with Crippen molar-refractivity contribution in [2.24, 2.45) is 0 Å². The molecule has 0 unspecified atom stereocenters. The molecule has 29 heavy (non-hydrogen) atoms. The van der Waals surface area contributed by atoms with Gasteiger partial charge in [0.1, 0.15) is 0 Å². The first-order valence-electron chi connectivity index (χ1n) is 9.32. The summed E-state index contributed by atoms with van der Waals surface area (Å²) in [6, 6.07) is 8.99. The van der Waals surface area contributed by atoms with Crippen LogP contribution in [0.5, 0.6) is 0 Å². The van der Waals surface area contributed by atoms with Crippen molar-refractivity contribution < 1.29 is 9.59 Å². The van der Waals surface area contributed by atoms with Crippen molar-refractivity contribution >= 4 is 29.1 Å². The van der Waals surface area contributed by atoms with Crippen molar-refractivity contribution in [3.63, 3.8) is 0 Å². The molecular weight excluding hydrogens is 390 g/mol. The number of hydrogen-bond acceptors (Lipinski definition) is 4. The van der Waals surface area contributed by atoms with Gasteiger partial charge in [-0.25, -0.2) is 9.67 Å². The molecule has 0 aliphatic heterocycles. The third kappa shape index (κ3) is 4.00. The molecule has 7 nitrogen and oxygen atoms in total. The first-order chi connectivity index (χ1) is 13.9. The molecular formula is C21H20ClN5O2. The highest BCUT2D eigenvalue weighted by molar-refractivity contribution is 6.32. The number of anilines is 1. The Balaban J connectivity index is 1.59. The standard InChI is InChI=1S/C21H20ClN5O2/c1-12-17(22)9-14(20(28)25-15-6-7-15)10-18(12)26-21(29)16-11-24-27(13(16)2)19-5-3-4-8-23-19/h3-5,8-11,15H,6-7H2,1-2H3,(H,25,28)(H,26,29). The SMILES string of the molecule is Cc1c(Cl)cc(C(=O)NC2CC2)cc1NC(=O)c1cnn(-c2ccccn2)c1C. The topological polar surface area (TPSA) is 88.9 Å². The molecule has 3 aromatic rings. The number of nitrogens with one attached hydrogen (secondary N) is 2. The van der Waals surface area contributed by atoms with E-state index >= 15 is 0 Å². The van der Waals surface area contributed by atoms with Crippen molar-refractivity contribution in [2.45, 2.75) is 32.7 Å². The predicted octanol–water partition coefficient (Wildman–Crippen LogP) is 3.68. The van der Waals surface area contributed by atoms with Crippen LogP contribution in [0.3, 0.4) is 0 Å². The second-order valence-corrected chi connectivity index (χ2v) is 7.48. The Bertz CT molecular complexity index is 1090. The molecule has 1 fully saturated rings. The molecule has 4 rings (SSSR count). The van der Waals surface area contributed by atoms with Crippen LogP contribution < -0.4 is 10.6 Å². The number of hydrogen-bond donors (Lipinski definition) is 2. The molecule has 8 heteroatoms. The lowest BCUT2D eigenvalue weighted by Gasteiger charge is -2.13. The van der Waals surface area contributed by atoms with E-state index < -0.39 is 0 Å².